The largest absolute Gasteiger partial charge is 0.480 e. The number of methoxy groups -OCH3 is 1. The van der Waals surface area contributed by atoms with Crippen LogP contribution in [0.25, 0.3) is 0 Å². The quantitative estimate of drug-likeness (QED) is 0.794. The molecule has 6 nitrogen and oxygen atoms in total. The Bertz CT molecular complexity index is 585. The molecular formula is C15H19NO5. The van der Waals surface area contributed by atoms with Crippen LogP contribution < -0.4 is 4.74 Å². The van der Waals surface area contributed by atoms with Gasteiger partial charge in [0.25, 0.3) is 0 Å². The molecule has 0 aliphatic carbocycles. The van der Waals surface area contributed by atoms with Crippen LogP contribution in [0, 0.1) is 0 Å². The molecule has 2 aliphatic rings. The zero-order valence-electron chi connectivity index (χ0n) is 12.6. The van der Waals surface area contributed by atoms with Gasteiger partial charge >= 0.3 is 5.97 Å². The summed E-state index contributed by atoms with van der Waals surface area (Å²) in [5, 5.41) is 0. The number of fused-ring (bicyclic) bond motifs is 1. The first-order valence-electron chi connectivity index (χ1n) is 7.02. The maximum atomic E-state index is 12.3. The van der Waals surface area contributed by atoms with Crippen molar-refractivity contribution in [3.8, 4) is 5.88 Å². The Morgan fingerprint density at radius 1 is 1.48 bits per heavy atom. The number of cyclic esters (lactones) is 1. The fraction of sp³-hybridized carbons (Fsp3) is 0.600. The maximum Gasteiger partial charge on any atom is 0.345 e. The first kappa shape index (κ1) is 14.3. The number of carbonyl (C=O) groups excluding carboxylic acids is 1. The third-order valence-corrected chi connectivity index (χ3v) is 4.10. The number of nitrogens with zero attached hydrogens (tertiary/aromatic N) is 1. The lowest BCUT2D eigenvalue weighted by Crippen LogP contribution is -2.42. The van der Waals surface area contributed by atoms with Crippen LogP contribution in [0.2, 0.25) is 0 Å². The Morgan fingerprint density at radius 3 is 2.81 bits per heavy atom. The normalized spacial score (nSPS) is 30.1. The molecule has 0 amide bonds. The van der Waals surface area contributed by atoms with E-state index in [1.54, 1.807) is 12.3 Å². The Hall–Kier alpha value is -1.66. The molecule has 2 aliphatic heterocycles. The van der Waals surface area contributed by atoms with E-state index >= 15 is 0 Å². The lowest BCUT2D eigenvalue weighted by atomic mass is 9.85. The standard InChI is InChI=1S/C15H19NO5/c1-5-15(10-8-19-14(2,3)20-10)9-6-7-16-12(18-4)11(9)13(17)21-15/h6-7,10H,5,8H2,1-4H3/t10-,15?/m1/s1. The van der Waals surface area contributed by atoms with E-state index in [9.17, 15) is 4.79 Å². The first-order valence-corrected chi connectivity index (χ1v) is 7.02. The molecule has 3 heterocycles. The van der Waals surface area contributed by atoms with Gasteiger partial charge in [-0.25, -0.2) is 9.78 Å². The van der Waals surface area contributed by atoms with Crippen molar-refractivity contribution in [2.24, 2.45) is 0 Å². The molecule has 2 atom stereocenters. The molecule has 1 aromatic heterocycles. The lowest BCUT2D eigenvalue weighted by Gasteiger charge is -2.33. The van der Waals surface area contributed by atoms with Crippen molar-refractivity contribution in [3.63, 3.8) is 0 Å². The third kappa shape index (κ3) is 2.01. The molecule has 1 unspecified atom stereocenters. The van der Waals surface area contributed by atoms with Gasteiger partial charge in [0.05, 0.1) is 13.7 Å². The fourth-order valence-electron chi connectivity index (χ4n) is 3.06. The van der Waals surface area contributed by atoms with Gasteiger partial charge in [-0.3, -0.25) is 0 Å². The van der Waals surface area contributed by atoms with Gasteiger partial charge in [0, 0.05) is 11.8 Å². The van der Waals surface area contributed by atoms with Crippen molar-refractivity contribution < 1.29 is 23.7 Å². The van der Waals surface area contributed by atoms with Gasteiger partial charge in [-0.05, 0) is 26.3 Å². The van der Waals surface area contributed by atoms with E-state index in [1.807, 2.05) is 20.8 Å². The summed E-state index contributed by atoms with van der Waals surface area (Å²) in [6.45, 7) is 6.03. The molecule has 0 spiro atoms. The van der Waals surface area contributed by atoms with Crippen LogP contribution in [0.1, 0.15) is 43.1 Å². The third-order valence-electron chi connectivity index (χ3n) is 4.10. The highest BCUT2D eigenvalue weighted by Crippen LogP contribution is 2.47. The highest BCUT2D eigenvalue weighted by atomic mass is 16.8. The molecule has 0 radical (unpaired) electrons. The van der Waals surface area contributed by atoms with Gasteiger partial charge in [0.1, 0.15) is 11.7 Å². The lowest BCUT2D eigenvalue weighted by molar-refractivity contribution is -0.171. The van der Waals surface area contributed by atoms with Crippen molar-refractivity contribution in [1.82, 2.24) is 4.98 Å². The van der Waals surface area contributed by atoms with Gasteiger partial charge in [-0.2, -0.15) is 0 Å². The van der Waals surface area contributed by atoms with Crippen LogP contribution >= 0.6 is 0 Å². The number of esters is 1. The van der Waals surface area contributed by atoms with Gasteiger partial charge in [-0.15, -0.1) is 0 Å². The van der Waals surface area contributed by atoms with E-state index in [1.165, 1.54) is 7.11 Å². The summed E-state index contributed by atoms with van der Waals surface area (Å²) in [6, 6.07) is 1.79. The van der Waals surface area contributed by atoms with E-state index in [4.69, 9.17) is 18.9 Å². The molecule has 1 aromatic rings. The zero-order chi connectivity index (χ0) is 15.3. The van der Waals surface area contributed by atoms with Crippen molar-refractivity contribution in [3.05, 3.63) is 23.4 Å². The second-order valence-corrected chi connectivity index (χ2v) is 5.69. The van der Waals surface area contributed by atoms with E-state index in [0.717, 1.165) is 5.56 Å². The minimum Gasteiger partial charge on any atom is -0.480 e. The average Bonchev–Trinajstić information content (AvgIpc) is 2.97. The van der Waals surface area contributed by atoms with Gasteiger partial charge in [-0.1, -0.05) is 6.92 Å². The monoisotopic (exact) mass is 293 g/mol. The minimum absolute atomic E-state index is 0.283. The number of hydrogen-bond acceptors (Lipinski definition) is 6. The van der Waals surface area contributed by atoms with Crippen LogP contribution in [0.15, 0.2) is 12.3 Å². The Balaban J connectivity index is 2.09. The number of rotatable bonds is 3. The second kappa shape index (κ2) is 4.68. The molecule has 0 N–H and O–H groups in total. The molecular weight excluding hydrogens is 274 g/mol. The first-order chi connectivity index (χ1) is 9.93. The maximum absolute atomic E-state index is 12.3. The highest BCUT2D eigenvalue weighted by molar-refractivity contribution is 5.97. The second-order valence-electron chi connectivity index (χ2n) is 5.69. The van der Waals surface area contributed by atoms with Gasteiger partial charge < -0.3 is 18.9 Å². The molecule has 6 heteroatoms. The number of aromatic nitrogens is 1. The van der Waals surface area contributed by atoms with Gasteiger partial charge in [0.2, 0.25) is 5.88 Å². The summed E-state index contributed by atoms with van der Waals surface area (Å²) in [5.74, 6) is -0.824. The Kier molecular flexibility index (Phi) is 3.18. The van der Waals surface area contributed by atoms with Crippen LogP contribution in [0.4, 0.5) is 0 Å². The summed E-state index contributed by atoms with van der Waals surface area (Å²) in [7, 11) is 1.49. The molecule has 1 saturated heterocycles. The number of pyridine rings is 1. The van der Waals surface area contributed by atoms with Crippen LogP contribution in [0.3, 0.4) is 0 Å². The summed E-state index contributed by atoms with van der Waals surface area (Å²) >= 11 is 0. The molecule has 0 bridgehead atoms. The molecule has 0 aromatic carbocycles. The summed E-state index contributed by atoms with van der Waals surface area (Å²) in [6.07, 6.45) is 1.85. The van der Waals surface area contributed by atoms with Crippen molar-refractivity contribution in [2.45, 2.75) is 44.7 Å². The molecule has 3 rings (SSSR count). The predicted octanol–water partition coefficient (Wildman–Crippen LogP) is 2.02. The van der Waals surface area contributed by atoms with Crippen molar-refractivity contribution >= 4 is 5.97 Å². The highest BCUT2D eigenvalue weighted by Gasteiger charge is 2.56. The van der Waals surface area contributed by atoms with Crippen LogP contribution in [0.5, 0.6) is 5.88 Å². The summed E-state index contributed by atoms with van der Waals surface area (Å²) < 4.78 is 22.5. The molecule has 114 valence electrons. The zero-order valence-corrected chi connectivity index (χ0v) is 12.6. The number of hydrogen-bond donors (Lipinski definition) is 0. The van der Waals surface area contributed by atoms with E-state index < -0.39 is 17.4 Å². The van der Waals surface area contributed by atoms with E-state index in [-0.39, 0.29) is 12.0 Å². The minimum atomic E-state index is -0.851. The van der Waals surface area contributed by atoms with Crippen molar-refractivity contribution in [2.75, 3.05) is 13.7 Å². The van der Waals surface area contributed by atoms with Crippen LogP contribution in [-0.2, 0) is 19.8 Å². The fourth-order valence-corrected chi connectivity index (χ4v) is 3.06. The smallest absolute Gasteiger partial charge is 0.345 e. The summed E-state index contributed by atoms with van der Waals surface area (Å²) in [4.78, 5) is 16.4. The Morgan fingerprint density at radius 2 is 2.24 bits per heavy atom. The van der Waals surface area contributed by atoms with Gasteiger partial charge in [0.15, 0.2) is 11.4 Å². The van der Waals surface area contributed by atoms with E-state index in [2.05, 4.69) is 4.98 Å². The molecule has 21 heavy (non-hydrogen) atoms. The number of carbonyl (C=O) groups is 1. The SMILES string of the molecule is CCC1([C@H]2COC(C)(C)O2)OC(=O)c2c1ccnc2OC. The summed E-state index contributed by atoms with van der Waals surface area (Å²) in [5.41, 5.74) is 0.291. The molecule has 1 fully saturated rings. The molecule has 0 saturated carbocycles. The topological polar surface area (TPSA) is 66.9 Å². The van der Waals surface area contributed by atoms with Crippen molar-refractivity contribution in [1.29, 1.82) is 0 Å². The predicted molar refractivity (Wildman–Crippen MR) is 73.1 cm³/mol. The number of ether oxygens (including phenoxy) is 4. The average molecular weight is 293 g/mol. The van der Waals surface area contributed by atoms with E-state index in [0.29, 0.717) is 18.6 Å². The van der Waals surface area contributed by atoms with Crippen LogP contribution in [-0.4, -0.2) is 36.6 Å². The Labute approximate surface area is 123 Å².